The van der Waals surface area contributed by atoms with Gasteiger partial charge in [0, 0.05) is 33.0 Å². The highest BCUT2D eigenvalue weighted by Gasteiger charge is 2.21. The van der Waals surface area contributed by atoms with Crippen molar-refractivity contribution in [2.45, 2.75) is 0 Å². The van der Waals surface area contributed by atoms with Crippen molar-refractivity contribution in [3.8, 4) is 45.3 Å². The quantitative estimate of drug-likeness (QED) is 0.189. The number of rotatable bonds is 4. The van der Waals surface area contributed by atoms with Crippen LogP contribution in [0.25, 0.3) is 99.4 Å². The zero-order chi connectivity index (χ0) is 30.9. The number of hydrogen-bond donors (Lipinski definition) is 0. The van der Waals surface area contributed by atoms with Gasteiger partial charge in [0.2, 0.25) is 5.89 Å². The SMILES string of the molecule is c1ccc(-c2cnc(-c3cc(-c4ccc5ccccc5n4)c4ccc5ccc(-c6ccc7ccccc7n6)c6ccc3c4c56)o2)cc1. The van der Waals surface area contributed by atoms with E-state index in [-0.39, 0.29) is 0 Å². The Balaban J connectivity index is 1.28. The fourth-order valence-corrected chi connectivity index (χ4v) is 7.08. The van der Waals surface area contributed by atoms with Crippen molar-refractivity contribution in [1.82, 2.24) is 15.0 Å². The van der Waals surface area contributed by atoms with E-state index in [1.165, 1.54) is 16.2 Å². The number of nitrogens with zero attached hydrogens (tertiary/aromatic N) is 3. The lowest BCUT2D eigenvalue weighted by Gasteiger charge is -2.18. The van der Waals surface area contributed by atoms with Crippen LogP contribution in [0.2, 0.25) is 0 Å². The lowest BCUT2D eigenvalue weighted by Crippen LogP contribution is -1.94. The van der Waals surface area contributed by atoms with Crippen LogP contribution < -0.4 is 0 Å². The van der Waals surface area contributed by atoms with Crippen LogP contribution in [0.5, 0.6) is 0 Å². The van der Waals surface area contributed by atoms with Crippen LogP contribution in [-0.2, 0) is 0 Å². The molecular formula is C43H25N3O. The van der Waals surface area contributed by atoms with E-state index in [9.17, 15) is 0 Å². The summed E-state index contributed by atoms with van der Waals surface area (Å²) in [5, 5.41) is 9.19. The third-order valence-corrected chi connectivity index (χ3v) is 9.32. The first-order chi connectivity index (χ1) is 23.3. The van der Waals surface area contributed by atoms with E-state index in [0.717, 1.165) is 77.4 Å². The highest BCUT2D eigenvalue weighted by atomic mass is 16.4. The molecule has 10 aromatic rings. The zero-order valence-corrected chi connectivity index (χ0v) is 25.2. The summed E-state index contributed by atoms with van der Waals surface area (Å²) < 4.78 is 6.50. The van der Waals surface area contributed by atoms with Gasteiger partial charge in [0.1, 0.15) is 0 Å². The second-order valence-corrected chi connectivity index (χ2v) is 12.0. The Hall–Kier alpha value is -6.39. The molecule has 0 spiro atoms. The maximum atomic E-state index is 6.50. The maximum Gasteiger partial charge on any atom is 0.227 e. The fraction of sp³-hybridized carbons (Fsp3) is 0. The minimum Gasteiger partial charge on any atom is -0.436 e. The number of para-hydroxylation sites is 2. The molecule has 7 aromatic carbocycles. The number of pyridine rings is 2. The molecule has 3 aromatic heterocycles. The average molecular weight is 600 g/mol. The van der Waals surface area contributed by atoms with E-state index in [2.05, 4.69) is 97.1 Å². The van der Waals surface area contributed by atoms with Gasteiger partial charge in [-0.25, -0.2) is 15.0 Å². The Bertz CT molecular complexity index is 2800. The summed E-state index contributed by atoms with van der Waals surface area (Å²) in [6.07, 6.45) is 1.82. The first-order valence-corrected chi connectivity index (χ1v) is 15.8. The monoisotopic (exact) mass is 599 g/mol. The van der Waals surface area contributed by atoms with Gasteiger partial charge < -0.3 is 4.42 Å². The van der Waals surface area contributed by atoms with Gasteiger partial charge in [-0.1, -0.05) is 115 Å². The predicted octanol–water partition coefficient (Wildman–Crippen LogP) is 11.3. The lowest BCUT2D eigenvalue weighted by molar-refractivity contribution is 0.589. The Kier molecular flexibility index (Phi) is 5.54. The molecule has 0 amide bonds. The van der Waals surface area contributed by atoms with Crippen LogP contribution in [0.4, 0.5) is 0 Å². The van der Waals surface area contributed by atoms with E-state index in [4.69, 9.17) is 19.4 Å². The van der Waals surface area contributed by atoms with Crippen molar-refractivity contribution in [2.75, 3.05) is 0 Å². The summed E-state index contributed by atoms with van der Waals surface area (Å²) in [4.78, 5) is 15.1. The second kappa shape index (κ2) is 10.1. The molecule has 0 saturated carbocycles. The van der Waals surface area contributed by atoms with E-state index in [1.54, 1.807) is 0 Å². The first-order valence-electron chi connectivity index (χ1n) is 15.8. The van der Waals surface area contributed by atoms with Crippen molar-refractivity contribution < 1.29 is 4.42 Å². The maximum absolute atomic E-state index is 6.50. The summed E-state index contributed by atoms with van der Waals surface area (Å²) in [5.41, 5.74) is 7.90. The third-order valence-electron chi connectivity index (χ3n) is 9.32. The molecule has 0 fully saturated rings. The van der Waals surface area contributed by atoms with Gasteiger partial charge in [0.05, 0.1) is 28.6 Å². The molecule has 0 aliphatic rings. The molecule has 0 bridgehead atoms. The van der Waals surface area contributed by atoms with Gasteiger partial charge in [0.15, 0.2) is 5.76 Å². The predicted molar refractivity (Wildman–Crippen MR) is 193 cm³/mol. The lowest BCUT2D eigenvalue weighted by atomic mass is 9.86. The van der Waals surface area contributed by atoms with Crippen LogP contribution in [-0.4, -0.2) is 15.0 Å². The Morgan fingerprint density at radius 2 is 1.00 bits per heavy atom. The molecule has 0 N–H and O–H groups in total. The summed E-state index contributed by atoms with van der Waals surface area (Å²) in [5.74, 6) is 1.32. The minimum atomic E-state index is 0.584. The molecule has 4 nitrogen and oxygen atoms in total. The Labute approximate surface area is 270 Å². The van der Waals surface area contributed by atoms with Gasteiger partial charge in [-0.05, 0) is 62.6 Å². The van der Waals surface area contributed by atoms with Crippen LogP contribution in [0, 0.1) is 0 Å². The van der Waals surface area contributed by atoms with Crippen LogP contribution in [0.3, 0.4) is 0 Å². The molecule has 0 aliphatic carbocycles. The highest BCUT2D eigenvalue weighted by Crippen LogP contribution is 2.46. The van der Waals surface area contributed by atoms with E-state index in [1.807, 2.05) is 54.7 Å². The third kappa shape index (κ3) is 4.05. The molecule has 3 heterocycles. The zero-order valence-electron chi connectivity index (χ0n) is 25.2. The normalized spacial score (nSPS) is 11.8. The Morgan fingerprint density at radius 3 is 1.74 bits per heavy atom. The smallest absolute Gasteiger partial charge is 0.227 e. The Morgan fingerprint density at radius 1 is 0.426 bits per heavy atom. The average Bonchev–Trinajstić information content (AvgIpc) is 3.64. The number of aromatic nitrogens is 3. The van der Waals surface area contributed by atoms with Crippen molar-refractivity contribution >= 4 is 54.1 Å². The summed E-state index contributed by atoms with van der Waals surface area (Å²) in [6, 6.07) is 50.7. The minimum absolute atomic E-state index is 0.584. The highest BCUT2D eigenvalue weighted by molar-refractivity contribution is 6.29. The summed E-state index contributed by atoms with van der Waals surface area (Å²) in [7, 11) is 0. The molecule has 0 atom stereocenters. The van der Waals surface area contributed by atoms with Gasteiger partial charge in [-0.2, -0.15) is 0 Å². The van der Waals surface area contributed by atoms with Crippen LogP contribution >= 0.6 is 0 Å². The number of hydrogen-bond acceptors (Lipinski definition) is 4. The largest absolute Gasteiger partial charge is 0.436 e. The second-order valence-electron chi connectivity index (χ2n) is 12.0. The summed E-state index contributed by atoms with van der Waals surface area (Å²) >= 11 is 0. The molecule has 0 saturated heterocycles. The molecule has 0 radical (unpaired) electrons. The van der Waals surface area contributed by atoms with E-state index >= 15 is 0 Å². The van der Waals surface area contributed by atoms with Crippen molar-refractivity contribution in [3.05, 3.63) is 152 Å². The van der Waals surface area contributed by atoms with E-state index in [0.29, 0.717) is 5.89 Å². The number of fused-ring (bicyclic) bond motifs is 2. The van der Waals surface area contributed by atoms with Gasteiger partial charge in [-0.15, -0.1) is 0 Å². The fourth-order valence-electron chi connectivity index (χ4n) is 7.08. The summed E-state index contributed by atoms with van der Waals surface area (Å²) in [6.45, 7) is 0. The molecule has 47 heavy (non-hydrogen) atoms. The molecule has 0 aliphatic heterocycles. The first kappa shape index (κ1) is 25.9. The van der Waals surface area contributed by atoms with Crippen molar-refractivity contribution in [3.63, 3.8) is 0 Å². The van der Waals surface area contributed by atoms with Crippen molar-refractivity contribution in [2.24, 2.45) is 0 Å². The molecule has 4 heteroatoms. The van der Waals surface area contributed by atoms with Gasteiger partial charge in [-0.3, -0.25) is 0 Å². The van der Waals surface area contributed by atoms with Crippen LogP contribution in [0.1, 0.15) is 0 Å². The van der Waals surface area contributed by atoms with Crippen molar-refractivity contribution in [1.29, 1.82) is 0 Å². The number of benzene rings is 7. The molecular weight excluding hydrogens is 574 g/mol. The standard InChI is InChI=1S/C43H25N3O/c1-2-10-28(11-3-1)40-25-44-43(47-40)35-24-34(39-23-17-27-9-5-7-13-37(27)46-39)32-19-15-29-14-18-30(31-20-21-33(35)42(32)41(29)31)38-22-16-26-8-4-6-12-36(26)45-38/h1-25H. The molecule has 10 rings (SSSR count). The van der Waals surface area contributed by atoms with Gasteiger partial charge in [0.25, 0.3) is 0 Å². The van der Waals surface area contributed by atoms with Crippen LogP contribution in [0.15, 0.2) is 156 Å². The topological polar surface area (TPSA) is 51.8 Å². The molecule has 0 unspecified atom stereocenters. The number of oxazole rings is 1. The molecule has 218 valence electrons. The van der Waals surface area contributed by atoms with Gasteiger partial charge >= 0.3 is 0 Å². The van der Waals surface area contributed by atoms with E-state index < -0.39 is 0 Å².